The fourth-order valence-electron chi connectivity index (χ4n) is 3.89. The Morgan fingerprint density at radius 1 is 1.13 bits per heavy atom. The van der Waals surface area contributed by atoms with Gasteiger partial charge in [-0.15, -0.1) is 0 Å². The maximum Gasteiger partial charge on any atom is 0.266 e. The first-order valence-electron chi connectivity index (χ1n) is 10.4. The number of anilines is 1. The highest BCUT2D eigenvalue weighted by molar-refractivity contribution is 8.26. The zero-order valence-electron chi connectivity index (χ0n) is 17.4. The number of thiocarbonyl (C=S) groups is 1. The second-order valence-electron chi connectivity index (χ2n) is 7.66. The Hall–Kier alpha value is -2.70. The highest BCUT2D eigenvalue weighted by atomic mass is 32.2. The second-order valence-corrected chi connectivity index (χ2v) is 9.34. The van der Waals surface area contributed by atoms with E-state index in [-0.39, 0.29) is 18.2 Å². The summed E-state index contributed by atoms with van der Waals surface area (Å²) < 4.78 is 0.510. The van der Waals surface area contributed by atoms with Gasteiger partial charge in [-0.3, -0.25) is 14.5 Å². The number of aryl methyl sites for hydroxylation is 1. The fourth-order valence-corrected chi connectivity index (χ4v) is 5.25. The van der Waals surface area contributed by atoms with Gasteiger partial charge >= 0.3 is 0 Å². The summed E-state index contributed by atoms with van der Waals surface area (Å²) in [5, 5.41) is 0. The van der Waals surface area contributed by atoms with Crippen LogP contribution in [0, 0.1) is 0 Å². The van der Waals surface area contributed by atoms with Gasteiger partial charge in [-0.1, -0.05) is 78.6 Å². The summed E-state index contributed by atoms with van der Waals surface area (Å²) >= 11 is 6.73. The summed E-state index contributed by atoms with van der Waals surface area (Å²) in [6.45, 7) is 3.00. The van der Waals surface area contributed by atoms with E-state index in [1.165, 1.54) is 17.3 Å². The van der Waals surface area contributed by atoms with Crippen LogP contribution in [-0.2, 0) is 16.0 Å². The molecule has 0 aromatic heterocycles. The molecule has 0 unspecified atom stereocenters. The minimum atomic E-state index is -0.123. The second kappa shape index (κ2) is 9.62. The molecule has 0 aliphatic carbocycles. The van der Waals surface area contributed by atoms with Crippen LogP contribution >= 0.6 is 24.0 Å². The zero-order chi connectivity index (χ0) is 21.8. The average molecular weight is 449 g/mol. The van der Waals surface area contributed by atoms with Crippen molar-refractivity contribution in [2.45, 2.75) is 26.2 Å². The minimum Gasteiger partial charge on any atom is -0.312 e. The number of nitrogens with zero attached hydrogens (tertiary/aromatic N) is 2. The number of benzene rings is 2. The molecule has 31 heavy (non-hydrogen) atoms. The van der Waals surface area contributed by atoms with E-state index in [2.05, 4.69) is 6.07 Å². The average Bonchev–Trinajstić information content (AvgIpc) is 3.04. The van der Waals surface area contributed by atoms with Crippen molar-refractivity contribution in [1.82, 2.24) is 4.90 Å². The molecule has 2 aliphatic heterocycles. The quantitative estimate of drug-likeness (QED) is 0.465. The van der Waals surface area contributed by atoms with Crippen molar-refractivity contribution in [3.63, 3.8) is 0 Å². The molecule has 0 spiro atoms. The molecule has 4 rings (SSSR count). The topological polar surface area (TPSA) is 40.6 Å². The number of carbonyl (C=O) groups is 2. The standard InChI is InChI=1S/C25H24N2O2S2/c1-18(16-19-8-3-2-4-9-19)17-22-24(29)27(25(30)31-22)15-13-23(28)26-14-7-11-20-10-5-6-12-21(20)26/h2-6,8-10,12,16-17H,7,11,13-15H2,1H3/b18-16-,22-17-. The normalized spacial score (nSPS) is 18.0. The molecular weight excluding hydrogens is 424 g/mol. The van der Waals surface area contributed by atoms with Crippen molar-refractivity contribution in [2.24, 2.45) is 0 Å². The molecule has 1 fully saturated rings. The van der Waals surface area contributed by atoms with Crippen molar-refractivity contribution >= 4 is 51.9 Å². The maximum absolute atomic E-state index is 12.9. The van der Waals surface area contributed by atoms with Crippen molar-refractivity contribution in [1.29, 1.82) is 0 Å². The number of fused-ring (bicyclic) bond motifs is 1. The molecule has 2 amide bonds. The Morgan fingerprint density at radius 2 is 1.87 bits per heavy atom. The molecule has 0 bridgehead atoms. The van der Waals surface area contributed by atoms with Crippen LogP contribution in [0.1, 0.15) is 30.9 Å². The van der Waals surface area contributed by atoms with E-state index in [1.54, 1.807) is 4.90 Å². The van der Waals surface area contributed by atoms with Crippen molar-refractivity contribution < 1.29 is 9.59 Å². The van der Waals surface area contributed by atoms with Gasteiger partial charge in [0.15, 0.2) is 0 Å². The number of hydrogen-bond donors (Lipinski definition) is 0. The summed E-state index contributed by atoms with van der Waals surface area (Å²) in [6, 6.07) is 18.0. The lowest BCUT2D eigenvalue weighted by molar-refractivity contribution is -0.123. The number of carbonyl (C=O) groups excluding carboxylic acids is 2. The van der Waals surface area contributed by atoms with E-state index < -0.39 is 0 Å². The maximum atomic E-state index is 12.9. The Labute approximate surface area is 192 Å². The third-order valence-electron chi connectivity index (χ3n) is 5.39. The van der Waals surface area contributed by atoms with E-state index in [4.69, 9.17) is 12.2 Å². The van der Waals surface area contributed by atoms with Gasteiger partial charge in [-0.2, -0.15) is 0 Å². The predicted molar refractivity (Wildman–Crippen MR) is 132 cm³/mol. The lowest BCUT2D eigenvalue weighted by Gasteiger charge is -2.30. The number of para-hydroxylation sites is 1. The van der Waals surface area contributed by atoms with Crippen LogP contribution in [0.4, 0.5) is 5.69 Å². The van der Waals surface area contributed by atoms with Gasteiger partial charge in [-0.05, 0) is 48.6 Å². The van der Waals surface area contributed by atoms with Crippen LogP contribution in [0.2, 0.25) is 0 Å². The van der Waals surface area contributed by atoms with Crippen LogP contribution in [0.5, 0.6) is 0 Å². The first-order chi connectivity index (χ1) is 15.0. The van der Waals surface area contributed by atoms with Crippen LogP contribution in [0.25, 0.3) is 6.08 Å². The number of allylic oxidation sites excluding steroid dienone is 2. The van der Waals surface area contributed by atoms with Gasteiger partial charge in [0.25, 0.3) is 5.91 Å². The summed E-state index contributed by atoms with van der Waals surface area (Å²) in [6.07, 6.45) is 6.11. The minimum absolute atomic E-state index is 0.0327. The molecule has 4 nitrogen and oxygen atoms in total. The highest BCUT2D eigenvalue weighted by Crippen LogP contribution is 2.33. The summed E-state index contributed by atoms with van der Waals surface area (Å²) in [4.78, 5) is 29.8. The van der Waals surface area contributed by atoms with Gasteiger partial charge < -0.3 is 4.90 Å². The molecule has 0 saturated carbocycles. The molecule has 6 heteroatoms. The SMILES string of the molecule is CC(=C/c1ccccc1)/C=C1\SC(=S)N(CCC(=O)N2CCCc3ccccc32)C1=O. The van der Waals surface area contributed by atoms with E-state index in [1.807, 2.05) is 72.5 Å². The molecule has 158 valence electrons. The van der Waals surface area contributed by atoms with Gasteiger partial charge in [0.1, 0.15) is 4.32 Å². The third kappa shape index (κ3) is 4.97. The lowest BCUT2D eigenvalue weighted by atomic mass is 10.0. The van der Waals surface area contributed by atoms with Crippen LogP contribution in [0.15, 0.2) is 71.2 Å². The van der Waals surface area contributed by atoms with Crippen LogP contribution in [0.3, 0.4) is 0 Å². The molecule has 0 N–H and O–H groups in total. The first-order valence-corrected chi connectivity index (χ1v) is 11.6. The van der Waals surface area contributed by atoms with E-state index in [0.717, 1.165) is 36.2 Å². The molecule has 2 aromatic carbocycles. The molecule has 2 heterocycles. The van der Waals surface area contributed by atoms with Crippen molar-refractivity contribution in [2.75, 3.05) is 18.0 Å². The van der Waals surface area contributed by atoms with Crippen molar-refractivity contribution in [3.8, 4) is 0 Å². The predicted octanol–water partition coefficient (Wildman–Crippen LogP) is 5.20. The summed E-state index contributed by atoms with van der Waals surface area (Å²) in [7, 11) is 0. The van der Waals surface area contributed by atoms with Gasteiger partial charge in [0, 0.05) is 25.2 Å². The summed E-state index contributed by atoms with van der Waals surface area (Å²) in [5.41, 5.74) is 4.26. The Morgan fingerprint density at radius 3 is 2.68 bits per heavy atom. The van der Waals surface area contributed by atoms with Gasteiger partial charge in [0.05, 0.1) is 4.91 Å². The molecule has 2 aliphatic rings. The monoisotopic (exact) mass is 448 g/mol. The highest BCUT2D eigenvalue weighted by Gasteiger charge is 2.33. The number of hydrogen-bond acceptors (Lipinski definition) is 4. The van der Waals surface area contributed by atoms with Gasteiger partial charge in [0.2, 0.25) is 5.91 Å². The number of amides is 2. The Balaban J connectivity index is 1.41. The number of thioether (sulfide) groups is 1. The van der Waals surface area contributed by atoms with Crippen LogP contribution < -0.4 is 4.90 Å². The largest absolute Gasteiger partial charge is 0.312 e. The Bertz CT molecular complexity index is 1080. The van der Waals surface area contributed by atoms with E-state index in [9.17, 15) is 9.59 Å². The fraction of sp³-hybridized carbons (Fsp3) is 0.240. The van der Waals surface area contributed by atoms with Gasteiger partial charge in [-0.25, -0.2) is 0 Å². The smallest absolute Gasteiger partial charge is 0.266 e. The van der Waals surface area contributed by atoms with Crippen molar-refractivity contribution in [3.05, 3.63) is 82.3 Å². The Kier molecular flexibility index (Phi) is 6.68. The van der Waals surface area contributed by atoms with E-state index >= 15 is 0 Å². The number of rotatable bonds is 5. The zero-order valence-corrected chi connectivity index (χ0v) is 19.0. The lowest BCUT2D eigenvalue weighted by Crippen LogP contribution is -2.38. The molecule has 0 atom stereocenters. The molecule has 1 saturated heterocycles. The third-order valence-corrected chi connectivity index (χ3v) is 6.76. The molecule has 2 aromatic rings. The molecule has 0 radical (unpaired) electrons. The molecular formula is C25H24N2O2S2. The summed E-state index contributed by atoms with van der Waals surface area (Å²) in [5.74, 6) is -0.0898. The van der Waals surface area contributed by atoms with Crippen LogP contribution in [-0.4, -0.2) is 34.1 Å². The van der Waals surface area contributed by atoms with E-state index in [0.29, 0.717) is 15.8 Å². The first kappa shape index (κ1) is 21.5.